The molecule has 2 unspecified atom stereocenters. The number of nitro groups is 1. The molecule has 0 spiro atoms. The fourth-order valence-corrected chi connectivity index (χ4v) is 3.68. The van der Waals surface area contributed by atoms with Gasteiger partial charge < -0.3 is 10.5 Å². The van der Waals surface area contributed by atoms with Crippen molar-refractivity contribution >= 4 is 21.4 Å². The van der Waals surface area contributed by atoms with Gasteiger partial charge in [0.15, 0.2) is 0 Å². The van der Waals surface area contributed by atoms with Crippen LogP contribution in [0.15, 0.2) is 23.1 Å². The molecule has 9 heteroatoms. The first-order valence-electron chi connectivity index (χ1n) is 6.47. The lowest BCUT2D eigenvalue weighted by Gasteiger charge is -2.27. The molecule has 0 amide bonds. The van der Waals surface area contributed by atoms with Crippen molar-refractivity contribution in [2.75, 3.05) is 12.3 Å². The Bertz CT molecular complexity index is 646. The molecule has 1 aliphatic rings. The van der Waals surface area contributed by atoms with Gasteiger partial charge in [0.25, 0.3) is 5.69 Å². The SMILES string of the molecule is CC1CC(NS(=O)(=O)c2ccc([N+](=O)[O-])cc2N)CCO1. The molecule has 1 heterocycles. The van der Waals surface area contributed by atoms with Crippen molar-refractivity contribution in [1.82, 2.24) is 4.72 Å². The molecule has 116 valence electrons. The molecule has 1 aromatic carbocycles. The predicted molar refractivity (Wildman–Crippen MR) is 76.3 cm³/mol. The molecule has 1 saturated heterocycles. The van der Waals surface area contributed by atoms with E-state index in [9.17, 15) is 18.5 Å². The number of hydrogen-bond donors (Lipinski definition) is 2. The van der Waals surface area contributed by atoms with Crippen molar-refractivity contribution in [3.63, 3.8) is 0 Å². The third-order valence-electron chi connectivity index (χ3n) is 3.30. The van der Waals surface area contributed by atoms with Crippen molar-refractivity contribution in [3.8, 4) is 0 Å². The summed E-state index contributed by atoms with van der Waals surface area (Å²) in [5.41, 5.74) is 5.24. The number of sulfonamides is 1. The summed E-state index contributed by atoms with van der Waals surface area (Å²) in [6, 6.07) is 3.09. The number of anilines is 1. The summed E-state index contributed by atoms with van der Waals surface area (Å²) in [5.74, 6) is 0. The van der Waals surface area contributed by atoms with E-state index in [0.717, 1.165) is 18.2 Å². The Morgan fingerprint density at radius 3 is 2.76 bits per heavy atom. The lowest BCUT2D eigenvalue weighted by Crippen LogP contribution is -2.41. The number of nitrogens with one attached hydrogen (secondary N) is 1. The summed E-state index contributed by atoms with van der Waals surface area (Å²) >= 11 is 0. The highest BCUT2D eigenvalue weighted by molar-refractivity contribution is 7.89. The van der Waals surface area contributed by atoms with Gasteiger partial charge in [-0.25, -0.2) is 13.1 Å². The Kier molecular flexibility index (Phi) is 4.45. The van der Waals surface area contributed by atoms with Crippen molar-refractivity contribution < 1.29 is 18.1 Å². The van der Waals surface area contributed by atoms with Crippen LogP contribution in [0.2, 0.25) is 0 Å². The minimum absolute atomic E-state index is 0.0133. The number of benzene rings is 1. The summed E-state index contributed by atoms with van der Waals surface area (Å²) in [6.45, 7) is 2.37. The van der Waals surface area contributed by atoms with Gasteiger partial charge in [0.05, 0.1) is 16.7 Å². The molecule has 0 aliphatic carbocycles. The van der Waals surface area contributed by atoms with Gasteiger partial charge in [-0.1, -0.05) is 0 Å². The second-order valence-corrected chi connectivity index (χ2v) is 6.69. The van der Waals surface area contributed by atoms with Gasteiger partial charge in [-0.3, -0.25) is 10.1 Å². The molecule has 3 N–H and O–H groups in total. The van der Waals surface area contributed by atoms with E-state index in [1.807, 2.05) is 6.92 Å². The van der Waals surface area contributed by atoms with Crippen LogP contribution in [-0.2, 0) is 14.8 Å². The maximum Gasteiger partial charge on any atom is 0.271 e. The van der Waals surface area contributed by atoms with Crippen LogP contribution in [0.3, 0.4) is 0 Å². The van der Waals surface area contributed by atoms with Gasteiger partial charge in [0.2, 0.25) is 10.0 Å². The summed E-state index contributed by atoms with van der Waals surface area (Å²) in [7, 11) is -3.81. The van der Waals surface area contributed by atoms with Crippen LogP contribution >= 0.6 is 0 Å². The topological polar surface area (TPSA) is 125 Å². The molecule has 1 aliphatic heterocycles. The summed E-state index contributed by atoms with van der Waals surface area (Å²) in [4.78, 5) is 9.87. The zero-order valence-electron chi connectivity index (χ0n) is 11.5. The highest BCUT2D eigenvalue weighted by atomic mass is 32.2. The zero-order valence-corrected chi connectivity index (χ0v) is 12.3. The standard InChI is InChI=1S/C12H17N3O5S/c1-8-6-9(4-5-20-8)14-21(18,19)12-3-2-10(15(16)17)7-11(12)13/h2-3,7-9,14H,4-6,13H2,1H3. The third-order valence-corrected chi connectivity index (χ3v) is 4.90. The van der Waals surface area contributed by atoms with Crippen LogP contribution in [-0.4, -0.2) is 32.1 Å². The van der Waals surface area contributed by atoms with Gasteiger partial charge in [0, 0.05) is 24.8 Å². The van der Waals surface area contributed by atoms with Crippen LogP contribution in [0.25, 0.3) is 0 Å². The summed E-state index contributed by atoms with van der Waals surface area (Å²) in [6.07, 6.45) is 1.14. The van der Waals surface area contributed by atoms with Crippen molar-refractivity contribution in [2.45, 2.75) is 36.8 Å². The first-order chi connectivity index (χ1) is 9.79. The van der Waals surface area contributed by atoms with Crippen molar-refractivity contribution in [1.29, 1.82) is 0 Å². The minimum atomic E-state index is -3.81. The van der Waals surface area contributed by atoms with Crippen molar-refractivity contribution in [2.24, 2.45) is 0 Å². The van der Waals surface area contributed by atoms with Crippen LogP contribution in [0, 0.1) is 10.1 Å². The summed E-state index contributed by atoms with van der Waals surface area (Å²) < 4.78 is 32.5. The molecule has 0 aromatic heterocycles. The van der Waals surface area contributed by atoms with E-state index < -0.39 is 14.9 Å². The fraction of sp³-hybridized carbons (Fsp3) is 0.500. The number of hydrogen-bond acceptors (Lipinski definition) is 6. The number of nitro benzene ring substituents is 1. The molecule has 0 radical (unpaired) electrons. The molecular weight excluding hydrogens is 298 g/mol. The average Bonchev–Trinajstić information content (AvgIpc) is 2.37. The Hall–Kier alpha value is -1.71. The first-order valence-corrected chi connectivity index (χ1v) is 7.96. The number of nitrogen functional groups attached to an aromatic ring is 1. The molecule has 8 nitrogen and oxygen atoms in total. The Balaban J connectivity index is 2.21. The maximum absolute atomic E-state index is 12.3. The highest BCUT2D eigenvalue weighted by Crippen LogP contribution is 2.25. The van der Waals surface area contributed by atoms with E-state index in [2.05, 4.69) is 4.72 Å². The quantitative estimate of drug-likeness (QED) is 0.485. The molecule has 2 atom stereocenters. The molecule has 0 bridgehead atoms. The van der Waals surface area contributed by atoms with Crippen LogP contribution < -0.4 is 10.5 Å². The van der Waals surface area contributed by atoms with Gasteiger partial charge in [-0.2, -0.15) is 0 Å². The first kappa shape index (κ1) is 15.7. The Morgan fingerprint density at radius 2 is 2.19 bits per heavy atom. The number of non-ortho nitro benzene ring substituents is 1. The molecule has 21 heavy (non-hydrogen) atoms. The average molecular weight is 315 g/mol. The monoisotopic (exact) mass is 315 g/mol. The number of nitrogens with two attached hydrogens (primary N) is 1. The predicted octanol–water partition coefficient (Wildman–Crippen LogP) is 1.02. The zero-order chi connectivity index (χ0) is 15.6. The number of ether oxygens (including phenoxy) is 1. The van der Waals surface area contributed by atoms with Crippen LogP contribution in [0.1, 0.15) is 19.8 Å². The third kappa shape index (κ3) is 3.69. The molecular formula is C12H17N3O5S. The van der Waals surface area contributed by atoms with Crippen molar-refractivity contribution in [3.05, 3.63) is 28.3 Å². The van der Waals surface area contributed by atoms with Crippen LogP contribution in [0.5, 0.6) is 0 Å². The Morgan fingerprint density at radius 1 is 1.48 bits per heavy atom. The smallest absolute Gasteiger partial charge is 0.271 e. The lowest BCUT2D eigenvalue weighted by molar-refractivity contribution is -0.384. The van der Waals surface area contributed by atoms with E-state index in [4.69, 9.17) is 10.5 Å². The van der Waals surface area contributed by atoms with E-state index in [-0.39, 0.29) is 28.4 Å². The molecule has 1 aromatic rings. The van der Waals surface area contributed by atoms with E-state index >= 15 is 0 Å². The van der Waals surface area contributed by atoms with Gasteiger partial charge in [-0.05, 0) is 25.8 Å². The molecule has 2 rings (SSSR count). The second kappa shape index (κ2) is 5.96. The van der Waals surface area contributed by atoms with E-state index in [0.29, 0.717) is 19.4 Å². The number of rotatable bonds is 4. The summed E-state index contributed by atoms with van der Waals surface area (Å²) in [5, 5.41) is 10.6. The molecule has 0 saturated carbocycles. The normalized spacial score (nSPS) is 22.9. The van der Waals surface area contributed by atoms with Gasteiger partial charge in [0.1, 0.15) is 4.90 Å². The van der Waals surface area contributed by atoms with E-state index in [1.165, 1.54) is 0 Å². The number of nitrogens with zero attached hydrogens (tertiary/aromatic N) is 1. The van der Waals surface area contributed by atoms with E-state index in [1.54, 1.807) is 0 Å². The second-order valence-electron chi connectivity index (χ2n) is 5.00. The van der Waals surface area contributed by atoms with Gasteiger partial charge in [-0.15, -0.1) is 0 Å². The Labute approximate surface area is 122 Å². The maximum atomic E-state index is 12.3. The lowest BCUT2D eigenvalue weighted by atomic mass is 10.1. The molecule has 1 fully saturated rings. The minimum Gasteiger partial charge on any atom is -0.397 e. The highest BCUT2D eigenvalue weighted by Gasteiger charge is 2.27. The van der Waals surface area contributed by atoms with Gasteiger partial charge >= 0.3 is 0 Å². The fourth-order valence-electron chi connectivity index (χ4n) is 2.28. The largest absolute Gasteiger partial charge is 0.397 e. The van der Waals surface area contributed by atoms with Crippen LogP contribution in [0.4, 0.5) is 11.4 Å².